The van der Waals surface area contributed by atoms with Crippen LogP contribution in [0.1, 0.15) is 16.8 Å². The van der Waals surface area contributed by atoms with Gasteiger partial charge in [-0.25, -0.2) is 9.37 Å². The number of aromatic nitrogens is 2. The van der Waals surface area contributed by atoms with E-state index < -0.39 is 0 Å². The zero-order valence-electron chi connectivity index (χ0n) is 15.5. The average molecular weight is 400 g/mol. The molecule has 1 amide bonds. The molecule has 28 heavy (non-hydrogen) atoms. The van der Waals surface area contributed by atoms with Crippen molar-refractivity contribution in [2.75, 3.05) is 6.61 Å². The van der Waals surface area contributed by atoms with Crippen molar-refractivity contribution in [3.05, 3.63) is 76.2 Å². The second kappa shape index (κ2) is 8.80. The second-order valence-corrected chi connectivity index (χ2v) is 6.70. The van der Waals surface area contributed by atoms with Crippen molar-refractivity contribution in [1.82, 2.24) is 15.3 Å². The van der Waals surface area contributed by atoms with Crippen LogP contribution in [0.3, 0.4) is 0 Å². The summed E-state index contributed by atoms with van der Waals surface area (Å²) in [7, 11) is 0. The van der Waals surface area contributed by atoms with Crippen LogP contribution in [0.15, 0.2) is 48.5 Å². The Bertz CT molecular complexity index is 993. The van der Waals surface area contributed by atoms with E-state index in [9.17, 15) is 9.18 Å². The summed E-state index contributed by atoms with van der Waals surface area (Å²) in [6, 6.07) is 13.1. The maximum atomic E-state index is 12.9. The third-order valence-electron chi connectivity index (χ3n) is 4.17. The number of amides is 1. The van der Waals surface area contributed by atoms with Crippen molar-refractivity contribution >= 4 is 17.5 Å². The van der Waals surface area contributed by atoms with E-state index in [0.29, 0.717) is 16.7 Å². The lowest BCUT2D eigenvalue weighted by Crippen LogP contribution is -2.28. The molecule has 3 rings (SSSR count). The third-order valence-corrected chi connectivity index (χ3v) is 4.41. The molecular weight excluding hydrogens is 381 g/mol. The maximum absolute atomic E-state index is 12.9. The van der Waals surface area contributed by atoms with Gasteiger partial charge in [0.15, 0.2) is 12.4 Å². The Balaban J connectivity index is 1.66. The lowest BCUT2D eigenvalue weighted by molar-refractivity contribution is -0.123. The van der Waals surface area contributed by atoms with Crippen LogP contribution in [0.2, 0.25) is 5.02 Å². The van der Waals surface area contributed by atoms with Crippen LogP contribution in [-0.4, -0.2) is 22.5 Å². The van der Waals surface area contributed by atoms with Gasteiger partial charge in [0.05, 0.1) is 0 Å². The van der Waals surface area contributed by atoms with Crippen LogP contribution in [0.25, 0.3) is 11.4 Å². The van der Waals surface area contributed by atoms with Crippen molar-refractivity contribution in [3.8, 4) is 17.3 Å². The number of nitrogens with one attached hydrogen (secondary N) is 1. The smallest absolute Gasteiger partial charge is 0.258 e. The molecule has 0 aliphatic rings. The number of carbonyl (C=O) groups is 1. The maximum Gasteiger partial charge on any atom is 0.258 e. The summed E-state index contributed by atoms with van der Waals surface area (Å²) >= 11 is 6.04. The van der Waals surface area contributed by atoms with Crippen LogP contribution >= 0.6 is 11.6 Å². The molecule has 144 valence electrons. The van der Waals surface area contributed by atoms with E-state index in [1.54, 1.807) is 24.3 Å². The molecule has 1 heterocycles. The van der Waals surface area contributed by atoms with Crippen molar-refractivity contribution in [3.63, 3.8) is 0 Å². The van der Waals surface area contributed by atoms with Gasteiger partial charge < -0.3 is 10.1 Å². The first-order chi connectivity index (χ1) is 13.4. The van der Waals surface area contributed by atoms with Gasteiger partial charge in [0.25, 0.3) is 5.91 Å². The average Bonchev–Trinajstić information content (AvgIpc) is 2.68. The highest BCUT2D eigenvalue weighted by Gasteiger charge is 2.13. The fourth-order valence-corrected chi connectivity index (χ4v) is 2.68. The largest absolute Gasteiger partial charge is 0.467 e. The zero-order valence-corrected chi connectivity index (χ0v) is 16.3. The molecule has 0 spiro atoms. The van der Waals surface area contributed by atoms with E-state index in [4.69, 9.17) is 16.3 Å². The predicted molar refractivity (Wildman–Crippen MR) is 106 cm³/mol. The second-order valence-electron chi connectivity index (χ2n) is 6.26. The molecule has 0 saturated carbocycles. The van der Waals surface area contributed by atoms with Crippen molar-refractivity contribution < 1.29 is 13.9 Å². The van der Waals surface area contributed by atoms with Crippen LogP contribution in [-0.2, 0) is 11.3 Å². The number of rotatable bonds is 6. The van der Waals surface area contributed by atoms with Gasteiger partial charge >= 0.3 is 0 Å². The quantitative estimate of drug-likeness (QED) is 0.673. The van der Waals surface area contributed by atoms with Gasteiger partial charge in [-0.05, 0) is 43.7 Å². The van der Waals surface area contributed by atoms with Gasteiger partial charge in [0.2, 0.25) is 5.88 Å². The number of hydrogen-bond acceptors (Lipinski definition) is 4. The van der Waals surface area contributed by atoms with Gasteiger partial charge in [-0.15, -0.1) is 0 Å². The van der Waals surface area contributed by atoms with Gasteiger partial charge in [-0.2, -0.15) is 4.98 Å². The van der Waals surface area contributed by atoms with E-state index in [0.717, 1.165) is 22.4 Å². The number of carbonyl (C=O) groups excluding carboxylic acids is 1. The van der Waals surface area contributed by atoms with Crippen molar-refractivity contribution in [2.45, 2.75) is 20.4 Å². The Kier molecular flexibility index (Phi) is 6.21. The van der Waals surface area contributed by atoms with Crippen molar-refractivity contribution in [2.24, 2.45) is 0 Å². The van der Waals surface area contributed by atoms with Crippen LogP contribution in [0.5, 0.6) is 5.88 Å². The van der Waals surface area contributed by atoms with Crippen molar-refractivity contribution in [1.29, 1.82) is 0 Å². The molecule has 2 aromatic carbocycles. The first-order valence-corrected chi connectivity index (χ1v) is 9.05. The Morgan fingerprint density at radius 3 is 2.61 bits per heavy atom. The van der Waals surface area contributed by atoms with E-state index in [1.807, 2.05) is 26.0 Å². The van der Waals surface area contributed by atoms with E-state index in [-0.39, 0.29) is 24.9 Å². The Labute approximate surface area is 167 Å². The first kappa shape index (κ1) is 19.8. The normalized spacial score (nSPS) is 10.6. The van der Waals surface area contributed by atoms with Crippen LogP contribution in [0, 0.1) is 19.7 Å². The van der Waals surface area contributed by atoms with Crippen LogP contribution in [0.4, 0.5) is 4.39 Å². The molecule has 1 aromatic heterocycles. The number of benzene rings is 2. The molecule has 0 fully saturated rings. The number of halogens is 2. The van der Waals surface area contributed by atoms with Gasteiger partial charge in [0, 0.05) is 28.4 Å². The fraction of sp³-hybridized carbons (Fsp3) is 0.190. The molecule has 1 N–H and O–H groups in total. The number of hydrogen-bond donors (Lipinski definition) is 1. The Morgan fingerprint density at radius 2 is 1.89 bits per heavy atom. The minimum absolute atomic E-state index is 0.187. The molecule has 5 nitrogen and oxygen atoms in total. The van der Waals surface area contributed by atoms with E-state index in [1.165, 1.54) is 12.1 Å². The number of ether oxygens (including phenoxy) is 1. The molecule has 0 atom stereocenters. The van der Waals surface area contributed by atoms with Gasteiger partial charge in [0.1, 0.15) is 5.82 Å². The summed E-state index contributed by atoms with van der Waals surface area (Å²) < 4.78 is 18.5. The molecule has 7 heteroatoms. The number of nitrogens with zero attached hydrogens (tertiary/aromatic N) is 2. The summed E-state index contributed by atoms with van der Waals surface area (Å²) in [6.45, 7) is 3.79. The summed E-state index contributed by atoms with van der Waals surface area (Å²) in [4.78, 5) is 21.0. The SMILES string of the molecule is Cc1nc(-c2cccc(Cl)c2)nc(OCC(=O)NCc2ccc(F)cc2)c1C. The summed E-state index contributed by atoms with van der Waals surface area (Å²) in [6.07, 6.45) is 0. The van der Waals surface area contributed by atoms with Crippen LogP contribution < -0.4 is 10.1 Å². The molecule has 0 unspecified atom stereocenters. The molecule has 0 saturated heterocycles. The molecule has 0 aliphatic carbocycles. The Morgan fingerprint density at radius 1 is 1.14 bits per heavy atom. The van der Waals surface area contributed by atoms with E-state index in [2.05, 4.69) is 15.3 Å². The monoisotopic (exact) mass is 399 g/mol. The Hall–Kier alpha value is -2.99. The fourth-order valence-electron chi connectivity index (χ4n) is 2.49. The third kappa shape index (κ3) is 5.04. The standard InChI is InChI=1S/C21H19ClFN3O2/c1-13-14(2)25-20(16-4-3-5-17(22)10-16)26-21(13)28-12-19(27)24-11-15-6-8-18(23)9-7-15/h3-10H,11-12H2,1-2H3,(H,24,27). The molecule has 0 radical (unpaired) electrons. The highest BCUT2D eigenvalue weighted by Crippen LogP contribution is 2.25. The highest BCUT2D eigenvalue weighted by molar-refractivity contribution is 6.30. The summed E-state index contributed by atoms with van der Waals surface area (Å²) in [5.74, 6) is 0.208. The molecule has 0 bridgehead atoms. The first-order valence-electron chi connectivity index (χ1n) is 8.67. The summed E-state index contributed by atoms with van der Waals surface area (Å²) in [5, 5.41) is 3.31. The number of aryl methyl sites for hydroxylation is 1. The van der Waals surface area contributed by atoms with Gasteiger partial charge in [-0.3, -0.25) is 4.79 Å². The van der Waals surface area contributed by atoms with Gasteiger partial charge in [-0.1, -0.05) is 35.9 Å². The topological polar surface area (TPSA) is 64.1 Å². The lowest BCUT2D eigenvalue weighted by Gasteiger charge is -2.12. The minimum atomic E-state index is -0.316. The summed E-state index contributed by atoms with van der Waals surface area (Å²) in [5.41, 5.74) is 3.08. The molecule has 3 aromatic rings. The lowest BCUT2D eigenvalue weighted by atomic mass is 10.2. The zero-order chi connectivity index (χ0) is 20.1. The molecular formula is C21H19ClFN3O2. The minimum Gasteiger partial charge on any atom is -0.467 e. The molecule has 0 aliphatic heterocycles. The van der Waals surface area contributed by atoms with E-state index >= 15 is 0 Å². The highest BCUT2D eigenvalue weighted by atomic mass is 35.5. The predicted octanol–water partition coefficient (Wildman–Crippen LogP) is 4.25.